The van der Waals surface area contributed by atoms with Crippen LogP contribution in [0.5, 0.6) is 11.5 Å². The van der Waals surface area contributed by atoms with Crippen LogP contribution in [0.2, 0.25) is 10.0 Å². The van der Waals surface area contributed by atoms with Crippen molar-refractivity contribution in [1.29, 1.82) is 0 Å². The molecule has 1 N–H and O–H groups in total. The monoisotopic (exact) mass is 474 g/mol. The first-order valence-corrected chi connectivity index (χ1v) is 11.0. The number of ether oxygens (including phenoxy) is 2. The van der Waals surface area contributed by atoms with Gasteiger partial charge in [0, 0.05) is 34.8 Å². The summed E-state index contributed by atoms with van der Waals surface area (Å²) in [5.41, 5.74) is 2.97. The molecule has 0 aliphatic rings. The lowest BCUT2D eigenvalue weighted by atomic mass is 10.1. The highest BCUT2D eigenvalue weighted by Gasteiger charge is 2.12. The van der Waals surface area contributed by atoms with Crippen LogP contribution in [0.3, 0.4) is 0 Å². The SMILES string of the molecule is CCOc1cc(CNCCc2ccc(Cl)cc2)c(Cl)cc1OCc1ccc([N+](=O)[O-])cc1. The van der Waals surface area contributed by atoms with Crippen LogP contribution in [-0.2, 0) is 19.6 Å². The first kappa shape index (κ1) is 23.9. The summed E-state index contributed by atoms with van der Waals surface area (Å²) in [7, 11) is 0. The second-order valence-corrected chi connectivity index (χ2v) is 7.93. The molecule has 0 aromatic heterocycles. The summed E-state index contributed by atoms with van der Waals surface area (Å²) >= 11 is 12.4. The van der Waals surface area contributed by atoms with E-state index in [1.165, 1.54) is 17.7 Å². The van der Waals surface area contributed by atoms with E-state index in [4.69, 9.17) is 32.7 Å². The lowest BCUT2D eigenvalue weighted by molar-refractivity contribution is -0.384. The van der Waals surface area contributed by atoms with Gasteiger partial charge in [0.25, 0.3) is 5.69 Å². The van der Waals surface area contributed by atoms with E-state index >= 15 is 0 Å². The van der Waals surface area contributed by atoms with Gasteiger partial charge in [-0.2, -0.15) is 0 Å². The minimum atomic E-state index is -0.431. The maximum Gasteiger partial charge on any atom is 0.269 e. The number of rotatable bonds is 11. The van der Waals surface area contributed by atoms with Crippen LogP contribution in [-0.4, -0.2) is 18.1 Å². The number of hydrogen-bond donors (Lipinski definition) is 1. The van der Waals surface area contributed by atoms with Crippen LogP contribution >= 0.6 is 23.2 Å². The summed E-state index contributed by atoms with van der Waals surface area (Å²) < 4.78 is 11.6. The number of benzene rings is 3. The van der Waals surface area contributed by atoms with Crippen LogP contribution in [0.4, 0.5) is 5.69 Å². The maximum atomic E-state index is 10.8. The molecule has 0 bridgehead atoms. The molecule has 3 aromatic rings. The summed E-state index contributed by atoms with van der Waals surface area (Å²) in [6, 6.07) is 17.7. The van der Waals surface area contributed by atoms with Crippen LogP contribution in [0.1, 0.15) is 23.6 Å². The van der Waals surface area contributed by atoms with E-state index in [1.807, 2.05) is 37.3 Å². The standard InChI is InChI=1S/C24H24Cl2N2O4/c1-2-31-23-13-19(15-27-12-11-17-3-7-20(25)8-4-17)22(26)14-24(23)32-16-18-5-9-21(10-6-18)28(29)30/h3-10,13-14,27H,2,11-12,15-16H2,1H3. The lowest BCUT2D eigenvalue weighted by Crippen LogP contribution is -2.17. The van der Waals surface area contributed by atoms with E-state index in [2.05, 4.69) is 5.32 Å². The summed E-state index contributed by atoms with van der Waals surface area (Å²) in [5.74, 6) is 1.13. The summed E-state index contributed by atoms with van der Waals surface area (Å²) in [6.45, 7) is 4.01. The van der Waals surface area contributed by atoms with Gasteiger partial charge in [-0.25, -0.2) is 0 Å². The number of halogens is 2. The van der Waals surface area contributed by atoms with Crippen molar-refractivity contribution in [2.45, 2.75) is 26.5 Å². The van der Waals surface area contributed by atoms with Crippen LogP contribution < -0.4 is 14.8 Å². The van der Waals surface area contributed by atoms with Crippen molar-refractivity contribution < 1.29 is 14.4 Å². The Morgan fingerprint density at radius 1 is 0.938 bits per heavy atom. The Labute approximate surface area is 197 Å². The van der Waals surface area contributed by atoms with Gasteiger partial charge in [0.1, 0.15) is 6.61 Å². The van der Waals surface area contributed by atoms with Gasteiger partial charge in [-0.15, -0.1) is 0 Å². The molecule has 0 atom stereocenters. The highest BCUT2D eigenvalue weighted by atomic mass is 35.5. The number of nitro groups is 1. The van der Waals surface area contributed by atoms with Gasteiger partial charge in [0.2, 0.25) is 0 Å². The van der Waals surface area contributed by atoms with Crippen LogP contribution in [0.15, 0.2) is 60.7 Å². The number of nitrogens with zero attached hydrogens (tertiary/aromatic N) is 1. The second-order valence-electron chi connectivity index (χ2n) is 7.09. The molecule has 8 heteroatoms. The van der Waals surface area contributed by atoms with Gasteiger partial charge >= 0.3 is 0 Å². The van der Waals surface area contributed by atoms with Crippen molar-refractivity contribution in [3.8, 4) is 11.5 Å². The molecule has 168 valence electrons. The molecule has 0 spiro atoms. The molecular weight excluding hydrogens is 451 g/mol. The van der Waals surface area contributed by atoms with Gasteiger partial charge < -0.3 is 14.8 Å². The summed E-state index contributed by atoms with van der Waals surface area (Å²) in [6.07, 6.45) is 0.879. The highest BCUT2D eigenvalue weighted by Crippen LogP contribution is 2.34. The van der Waals surface area contributed by atoms with Crippen molar-refractivity contribution >= 4 is 28.9 Å². The Hall–Kier alpha value is -2.80. The third-order valence-electron chi connectivity index (χ3n) is 4.77. The Morgan fingerprint density at radius 2 is 1.59 bits per heavy atom. The maximum absolute atomic E-state index is 10.8. The van der Waals surface area contributed by atoms with Gasteiger partial charge in [-0.1, -0.05) is 35.3 Å². The number of nitro benzene ring substituents is 1. The van der Waals surface area contributed by atoms with Gasteiger partial charge in [0.05, 0.1) is 11.5 Å². The fourth-order valence-electron chi connectivity index (χ4n) is 3.08. The van der Waals surface area contributed by atoms with Crippen molar-refractivity contribution in [1.82, 2.24) is 5.32 Å². The molecule has 0 saturated heterocycles. The minimum Gasteiger partial charge on any atom is -0.490 e. The topological polar surface area (TPSA) is 73.6 Å². The van der Waals surface area contributed by atoms with E-state index in [0.717, 1.165) is 29.1 Å². The minimum absolute atomic E-state index is 0.0414. The molecule has 32 heavy (non-hydrogen) atoms. The molecule has 3 aromatic carbocycles. The van der Waals surface area contributed by atoms with Gasteiger partial charge in [-0.3, -0.25) is 10.1 Å². The van der Waals surface area contributed by atoms with E-state index < -0.39 is 4.92 Å². The Kier molecular flexibility index (Phi) is 8.73. The third kappa shape index (κ3) is 6.85. The normalized spacial score (nSPS) is 10.7. The average molecular weight is 475 g/mol. The van der Waals surface area contributed by atoms with E-state index in [9.17, 15) is 10.1 Å². The molecule has 0 fully saturated rings. The number of nitrogens with one attached hydrogen (secondary N) is 1. The fraction of sp³-hybridized carbons (Fsp3) is 0.250. The Morgan fingerprint density at radius 3 is 2.25 bits per heavy atom. The van der Waals surface area contributed by atoms with Crippen LogP contribution in [0, 0.1) is 10.1 Å². The van der Waals surface area contributed by atoms with Crippen molar-refractivity contribution in [2.24, 2.45) is 0 Å². The van der Waals surface area contributed by atoms with Crippen molar-refractivity contribution in [3.63, 3.8) is 0 Å². The van der Waals surface area contributed by atoms with E-state index in [0.29, 0.717) is 29.7 Å². The highest BCUT2D eigenvalue weighted by molar-refractivity contribution is 6.31. The number of hydrogen-bond acceptors (Lipinski definition) is 5. The zero-order chi connectivity index (χ0) is 22.9. The smallest absolute Gasteiger partial charge is 0.269 e. The summed E-state index contributed by atoms with van der Waals surface area (Å²) in [5, 5.41) is 15.5. The molecule has 0 radical (unpaired) electrons. The fourth-order valence-corrected chi connectivity index (χ4v) is 3.42. The second kappa shape index (κ2) is 11.7. The van der Waals surface area contributed by atoms with Gasteiger partial charge in [0.15, 0.2) is 11.5 Å². The first-order chi connectivity index (χ1) is 15.5. The first-order valence-electron chi connectivity index (χ1n) is 10.2. The number of non-ortho nitro benzene ring substituents is 1. The summed E-state index contributed by atoms with van der Waals surface area (Å²) in [4.78, 5) is 10.4. The molecule has 0 aliphatic carbocycles. The molecule has 0 amide bonds. The molecule has 0 aliphatic heterocycles. The molecule has 0 saturated carbocycles. The quantitative estimate of drug-likeness (QED) is 0.203. The zero-order valence-electron chi connectivity index (χ0n) is 17.6. The van der Waals surface area contributed by atoms with Gasteiger partial charge in [-0.05, 0) is 66.9 Å². The Balaban J connectivity index is 1.60. The predicted molar refractivity (Wildman–Crippen MR) is 127 cm³/mol. The van der Waals surface area contributed by atoms with E-state index in [-0.39, 0.29) is 12.3 Å². The molecule has 0 unspecified atom stereocenters. The molecular formula is C24H24Cl2N2O4. The van der Waals surface area contributed by atoms with Crippen molar-refractivity contribution in [2.75, 3.05) is 13.2 Å². The molecule has 0 heterocycles. The van der Waals surface area contributed by atoms with Crippen LogP contribution in [0.25, 0.3) is 0 Å². The predicted octanol–water partition coefficient (Wildman–Crippen LogP) is 6.21. The average Bonchev–Trinajstić information content (AvgIpc) is 2.79. The van der Waals surface area contributed by atoms with Crippen molar-refractivity contribution in [3.05, 3.63) is 97.5 Å². The third-order valence-corrected chi connectivity index (χ3v) is 5.38. The molecule has 3 rings (SSSR count). The zero-order valence-corrected chi connectivity index (χ0v) is 19.2. The van der Waals surface area contributed by atoms with E-state index in [1.54, 1.807) is 18.2 Å². The molecule has 6 nitrogen and oxygen atoms in total. The lowest BCUT2D eigenvalue weighted by Gasteiger charge is -2.15. The Bertz CT molecular complexity index is 1040. The largest absolute Gasteiger partial charge is 0.490 e.